The molecule has 0 aliphatic carbocycles. The Morgan fingerprint density at radius 1 is 0.375 bits per heavy atom. The zero-order valence-electron chi connectivity index (χ0n) is 20.8. The van der Waals surface area contributed by atoms with Crippen molar-refractivity contribution in [1.29, 1.82) is 0 Å². The molecule has 40 heavy (non-hydrogen) atoms. The molecular formula is C34H20F6. The van der Waals surface area contributed by atoms with Gasteiger partial charge in [-0.25, -0.2) is 0 Å². The van der Waals surface area contributed by atoms with Crippen molar-refractivity contribution in [3.63, 3.8) is 0 Å². The molecule has 0 bridgehead atoms. The van der Waals surface area contributed by atoms with Gasteiger partial charge in [-0.05, 0) is 78.8 Å². The van der Waals surface area contributed by atoms with Crippen LogP contribution >= 0.6 is 0 Å². The van der Waals surface area contributed by atoms with Gasteiger partial charge in [0.05, 0.1) is 11.1 Å². The van der Waals surface area contributed by atoms with Crippen molar-refractivity contribution in [3.8, 4) is 0 Å². The predicted octanol–water partition coefficient (Wildman–Crippen LogP) is 11.0. The number of benzene rings is 6. The van der Waals surface area contributed by atoms with E-state index in [4.69, 9.17) is 0 Å². The molecule has 0 aliphatic rings. The average Bonchev–Trinajstić information content (AvgIpc) is 2.93. The van der Waals surface area contributed by atoms with Crippen LogP contribution in [0.4, 0.5) is 26.3 Å². The summed E-state index contributed by atoms with van der Waals surface area (Å²) in [7, 11) is 0. The van der Waals surface area contributed by atoms with Gasteiger partial charge in [0.2, 0.25) is 0 Å². The lowest BCUT2D eigenvalue weighted by atomic mass is 9.89. The van der Waals surface area contributed by atoms with Gasteiger partial charge in [0, 0.05) is 0 Å². The van der Waals surface area contributed by atoms with Gasteiger partial charge in [-0.1, -0.05) is 97.1 Å². The second-order valence-corrected chi connectivity index (χ2v) is 9.64. The van der Waals surface area contributed by atoms with Crippen LogP contribution in [0, 0.1) is 0 Å². The Morgan fingerprint density at radius 3 is 1.07 bits per heavy atom. The normalized spacial score (nSPS) is 13.1. The minimum atomic E-state index is -4.37. The molecule has 6 aromatic carbocycles. The summed E-state index contributed by atoms with van der Waals surface area (Å²) >= 11 is 0. The molecule has 0 radical (unpaired) electrons. The van der Waals surface area contributed by atoms with Gasteiger partial charge >= 0.3 is 12.4 Å². The van der Waals surface area contributed by atoms with Crippen molar-refractivity contribution in [3.05, 3.63) is 130 Å². The van der Waals surface area contributed by atoms with E-state index in [0.717, 1.165) is 67.7 Å². The van der Waals surface area contributed by atoms with Crippen molar-refractivity contribution in [2.45, 2.75) is 12.4 Å². The van der Waals surface area contributed by atoms with Gasteiger partial charge in [0.25, 0.3) is 0 Å². The second kappa shape index (κ2) is 9.56. The molecular weight excluding hydrogens is 522 g/mol. The molecule has 198 valence electrons. The molecule has 0 saturated carbocycles. The second-order valence-electron chi connectivity index (χ2n) is 9.64. The summed E-state index contributed by atoms with van der Waals surface area (Å²) in [5, 5.41) is 6.31. The molecule has 6 rings (SSSR count). The first kappa shape index (κ1) is 25.7. The minimum absolute atomic E-state index is 0.661. The molecule has 0 heterocycles. The summed E-state index contributed by atoms with van der Waals surface area (Å²) < 4.78 is 77.4. The third-order valence-electron chi connectivity index (χ3n) is 7.12. The fraction of sp³-hybridized carbons (Fsp3) is 0.0588. The summed E-state index contributed by atoms with van der Waals surface area (Å²) in [5.74, 6) is 0. The van der Waals surface area contributed by atoms with E-state index in [1.807, 2.05) is 60.7 Å². The third kappa shape index (κ3) is 4.81. The fourth-order valence-corrected chi connectivity index (χ4v) is 5.08. The third-order valence-corrected chi connectivity index (χ3v) is 7.12. The van der Waals surface area contributed by atoms with Gasteiger partial charge in [-0.2, -0.15) is 26.3 Å². The van der Waals surface area contributed by atoms with Crippen molar-refractivity contribution >= 4 is 56.6 Å². The van der Waals surface area contributed by atoms with E-state index < -0.39 is 23.5 Å². The van der Waals surface area contributed by atoms with Crippen LogP contribution in [0.15, 0.2) is 97.1 Å². The maximum absolute atomic E-state index is 12.9. The predicted molar refractivity (Wildman–Crippen MR) is 151 cm³/mol. The van der Waals surface area contributed by atoms with E-state index in [2.05, 4.69) is 0 Å². The molecule has 0 nitrogen and oxygen atoms in total. The lowest BCUT2D eigenvalue weighted by Gasteiger charge is -2.14. The molecule has 0 spiro atoms. The molecule has 0 aromatic heterocycles. The number of halogens is 6. The number of rotatable bonds is 4. The Morgan fingerprint density at radius 2 is 0.725 bits per heavy atom. The summed E-state index contributed by atoms with van der Waals surface area (Å²) in [6.45, 7) is 0. The molecule has 0 fully saturated rings. The highest BCUT2D eigenvalue weighted by atomic mass is 19.4. The highest BCUT2D eigenvalue weighted by molar-refractivity contribution is 6.25. The Kier molecular flexibility index (Phi) is 6.14. The van der Waals surface area contributed by atoms with Gasteiger partial charge in [-0.15, -0.1) is 0 Å². The summed E-state index contributed by atoms with van der Waals surface area (Å²) in [6.07, 6.45) is -1.35. The maximum Gasteiger partial charge on any atom is 0.416 e. The van der Waals surface area contributed by atoms with E-state index >= 15 is 0 Å². The zero-order chi connectivity index (χ0) is 28.1. The van der Waals surface area contributed by atoms with E-state index in [9.17, 15) is 26.3 Å². The molecule has 0 saturated heterocycles. The molecule has 0 unspecified atom stereocenters. The lowest BCUT2D eigenvalue weighted by molar-refractivity contribution is -0.138. The van der Waals surface area contributed by atoms with Gasteiger partial charge in [-0.3, -0.25) is 0 Å². The first-order valence-electron chi connectivity index (χ1n) is 12.5. The average molecular weight is 543 g/mol. The minimum Gasteiger partial charge on any atom is -0.166 e. The summed E-state index contributed by atoms with van der Waals surface area (Å²) in [6, 6.07) is 26.3. The Hall–Kier alpha value is -4.58. The number of hydrogen-bond donors (Lipinski definition) is 0. The van der Waals surface area contributed by atoms with Crippen LogP contribution < -0.4 is 0 Å². The fourth-order valence-electron chi connectivity index (χ4n) is 5.08. The van der Waals surface area contributed by atoms with Crippen molar-refractivity contribution in [2.75, 3.05) is 0 Å². The first-order valence-corrected chi connectivity index (χ1v) is 12.5. The van der Waals surface area contributed by atoms with Gasteiger partial charge < -0.3 is 0 Å². The zero-order valence-corrected chi connectivity index (χ0v) is 20.8. The quantitative estimate of drug-likeness (QED) is 0.118. The highest BCUT2D eigenvalue weighted by Crippen LogP contribution is 2.38. The van der Waals surface area contributed by atoms with Crippen LogP contribution in [0.3, 0.4) is 0 Å². The van der Waals surface area contributed by atoms with Crippen molar-refractivity contribution in [1.82, 2.24) is 0 Å². The topological polar surface area (TPSA) is 0 Å². The van der Waals surface area contributed by atoms with Crippen LogP contribution in [0.5, 0.6) is 0 Å². The molecule has 0 amide bonds. The lowest BCUT2D eigenvalue weighted by Crippen LogP contribution is -2.03. The van der Waals surface area contributed by atoms with Crippen LogP contribution in [-0.4, -0.2) is 0 Å². The molecule has 6 aromatic rings. The SMILES string of the molecule is FC(F)(F)c1ccc(C=Cc2ccc3ccc4c(C=Cc5ccc(C(F)(F)F)cc5)ccc5ccc2c3c54)cc1. The maximum atomic E-state index is 12.9. The van der Waals surface area contributed by atoms with Crippen LogP contribution in [0.2, 0.25) is 0 Å². The van der Waals surface area contributed by atoms with Crippen LogP contribution in [-0.2, 0) is 12.4 Å². The highest BCUT2D eigenvalue weighted by Gasteiger charge is 2.30. The first-order chi connectivity index (χ1) is 19.1. The Labute approximate surface area is 225 Å². The van der Waals surface area contributed by atoms with Crippen LogP contribution in [0.1, 0.15) is 33.4 Å². The largest absolute Gasteiger partial charge is 0.416 e. The number of alkyl halides is 6. The van der Waals surface area contributed by atoms with Crippen LogP contribution in [0.25, 0.3) is 56.6 Å². The Bertz CT molecular complexity index is 1750. The molecule has 0 aliphatic heterocycles. The van der Waals surface area contributed by atoms with Gasteiger partial charge in [0.15, 0.2) is 0 Å². The van der Waals surface area contributed by atoms with Gasteiger partial charge in [0.1, 0.15) is 0 Å². The van der Waals surface area contributed by atoms with Crippen molar-refractivity contribution in [2.24, 2.45) is 0 Å². The van der Waals surface area contributed by atoms with Crippen molar-refractivity contribution < 1.29 is 26.3 Å². The summed E-state index contributed by atoms with van der Waals surface area (Å²) in [4.78, 5) is 0. The smallest absolute Gasteiger partial charge is 0.166 e. The molecule has 6 heteroatoms. The van der Waals surface area contributed by atoms with E-state index in [0.29, 0.717) is 11.1 Å². The van der Waals surface area contributed by atoms with E-state index in [1.54, 1.807) is 12.2 Å². The number of hydrogen-bond acceptors (Lipinski definition) is 0. The standard InChI is InChI=1S/C34H20F6/c35-33(36,37)27-15-3-21(4-16-27)1-7-23-9-11-25-14-20-30-24(10-12-26-13-19-29(23)31(25)32(26)30)8-2-22-5-17-28(18-6-22)34(38,39)40/h1-20H. The monoisotopic (exact) mass is 542 g/mol. The Balaban J connectivity index is 1.39. The molecule has 0 N–H and O–H groups in total. The van der Waals surface area contributed by atoms with E-state index in [1.165, 1.54) is 24.3 Å². The van der Waals surface area contributed by atoms with E-state index in [-0.39, 0.29) is 0 Å². The molecule has 0 atom stereocenters. The summed E-state index contributed by atoms with van der Waals surface area (Å²) in [5.41, 5.74) is 1.83.